The predicted octanol–water partition coefficient (Wildman–Crippen LogP) is 2.90. The third-order valence-corrected chi connectivity index (χ3v) is 4.53. The molecular weight excluding hydrogens is 331 g/mol. The van der Waals surface area contributed by atoms with Crippen molar-refractivity contribution in [3.05, 3.63) is 46.7 Å². The van der Waals surface area contributed by atoms with Crippen LogP contribution >= 0.6 is 11.3 Å². The summed E-state index contributed by atoms with van der Waals surface area (Å²) in [6.07, 6.45) is 2.13. The molecule has 0 spiro atoms. The van der Waals surface area contributed by atoms with Crippen LogP contribution in [0.3, 0.4) is 0 Å². The summed E-state index contributed by atoms with van der Waals surface area (Å²) in [5.41, 5.74) is 6.35. The van der Waals surface area contributed by atoms with Gasteiger partial charge in [-0.25, -0.2) is 14.2 Å². The van der Waals surface area contributed by atoms with E-state index in [0.717, 1.165) is 18.5 Å². The number of carbonyl (C=O) groups excluding carboxylic acids is 2. The van der Waals surface area contributed by atoms with Crippen LogP contribution in [0, 0.1) is 5.82 Å². The number of halogens is 1. The molecular formula is C16H17FN4O2S. The van der Waals surface area contributed by atoms with Crippen LogP contribution in [0.5, 0.6) is 0 Å². The van der Waals surface area contributed by atoms with Crippen LogP contribution in [-0.4, -0.2) is 16.9 Å². The molecule has 3 amide bonds. The van der Waals surface area contributed by atoms with Crippen LogP contribution in [-0.2, 0) is 4.79 Å². The number of thiazole rings is 1. The van der Waals surface area contributed by atoms with Gasteiger partial charge in [0.15, 0.2) is 5.13 Å². The van der Waals surface area contributed by atoms with Crippen molar-refractivity contribution in [3.63, 3.8) is 0 Å². The molecule has 1 saturated carbocycles. The summed E-state index contributed by atoms with van der Waals surface area (Å²) in [4.78, 5) is 27.8. The van der Waals surface area contributed by atoms with Crippen molar-refractivity contribution in [1.29, 1.82) is 0 Å². The van der Waals surface area contributed by atoms with Gasteiger partial charge in [0.25, 0.3) is 0 Å². The molecule has 8 heteroatoms. The maximum atomic E-state index is 13.9. The molecule has 1 atom stereocenters. The van der Waals surface area contributed by atoms with Crippen molar-refractivity contribution in [2.45, 2.75) is 31.2 Å². The molecule has 126 valence electrons. The Kier molecular flexibility index (Phi) is 4.75. The van der Waals surface area contributed by atoms with E-state index < -0.39 is 17.9 Å². The topological polar surface area (TPSA) is 97.1 Å². The Morgan fingerprint density at radius 1 is 1.38 bits per heavy atom. The molecule has 0 bridgehead atoms. The van der Waals surface area contributed by atoms with Crippen molar-refractivity contribution in [3.8, 4) is 0 Å². The maximum Gasteiger partial charge on any atom is 0.312 e. The highest BCUT2D eigenvalue weighted by Crippen LogP contribution is 2.40. The van der Waals surface area contributed by atoms with Gasteiger partial charge in [0.05, 0.1) is 18.2 Å². The number of hydrogen-bond acceptors (Lipinski definition) is 4. The van der Waals surface area contributed by atoms with E-state index in [9.17, 15) is 14.0 Å². The van der Waals surface area contributed by atoms with E-state index in [2.05, 4.69) is 15.6 Å². The van der Waals surface area contributed by atoms with Crippen LogP contribution < -0.4 is 16.4 Å². The number of benzene rings is 1. The van der Waals surface area contributed by atoms with E-state index in [-0.39, 0.29) is 17.9 Å². The molecule has 1 aliphatic rings. The maximum absolute atomic E-state index is 13.9. The second-order valence-electron chi connectivity index (χ2n) is 5.69. The first-order valence-corrected chi connectivity index (χ1v) is 8.46. The summed E-state index contributed by atoms with van der Waals surface area (Å²) in [7, 11) is 0. The Morgan fingerprint density at radius 3 is 2.79 bits per heavy atom. The molecule has 2 aromatic rings. The average molecular weight is 348 g/mol. The first kappa shape index (κ1) is 16.4. The standard InChI is InChI=1S/C16H17FN4O2S/c17-11-4-2-1-3-10(11)12(19-15(18)23)7-14(22)21-16-20-13(8-24-16)9-5-6-9/h1-4,8-9,12H,5-7H2,(H3,18,19,23)(H,20,21,22)/t12-/m0/s1. The summed E-state index contributed by atoms with van der Waals surface area (Å²) in [6.45, 7) is 0. The molecule has 1 aromatic heterocycles. The van der Waals surface area contributed by atoms with Gasteiger partial charge in [-0.3, -0.25) is 4.79 Å². The third kappa shape index (κ3) is 4.08. The highest BCUT2D eigenvalue weighted by molar-refractivity contribution is 7.13. The SMILES string of the molecule is NC(=O)N[C@@H](CC(=O)Nc1nc(C2CC2)cs1)c1ccccc1F. The summed E-state index contributed by atoms with van der Waals surface area (Å²) >= 11 is 1.36. The molecule has 0 radical (unpaired) electrons. The van der Waals surface area contributed by atoms with E-state index in [1.165, 1.54) is 29.5 Å². The monoisotopic (exact) mass is 348 g/mol. The Balaban J connectivity index is 1.68. The summed E-state index contributed by atoms with van der Waals surface area (Å²) in [5, 5.41) is 7.54. The molecule has 24 heavy (non-hydrogen) atoms. The molecule has 1 aliphatic carbocycles. The highest BCUT2D eigenvalue weighted by atomic mass is 32.1. The number of hydrogen-bond donors (Lipinski definition) is 3. The number of aromatic nitrogens is 1. The number of nitrogens with zero attached hydrogens (tertiary/aromatic N) is 1. The highest BCUT2D eigenvalue weighted by Gasteiger charge is 2.26. The fraction of sp³-hybridized carbons (Fsp3) is 0.312. The molecule has 0 aliphatic heterocycles. The molecule has 3 rings (SSSR count). The first-order valence-electron chi connectivity index (χ1n) is 7.58. The Labute approximate surface area is 142 Å². The van der Waals surface area contributed by atoms with E-state index in [1.807, 2.05) is 5.38 Å². The number of rotatable bonds is 6. The molecule has 1 heterocycles. The number of amides is 3. The minimum Gasteiger partial charge on any atom is -0.352 e. The van der Waals surface area contributed by atoms with E-state index in [4.69, 9.17) is 5.73 Å². The van der Waals surface area contributed by atoms with Gasteiger partial charge >= 0.3 is 6.03 Å². The lowest BCUT2D eigenvalue weighted by Gasteiger charge is -2.18. The number of nitrogens with one attached hydrogen (secondary N) is 2. The lowest BCUT2D eigenvalue weighted by atomic mass is 10.0. The van der Waals surface area contributed by atoms with Gasteiger partial charge in [-0.15, -0.1) is 11.3 Å². The van der Waals surface area contributed by atoms with Crippen molar-refractivity contribution >= 4 is 28.4 Å². The Morgan fingerprint density at radius 2 is 2.12 bits per heavy atom. The Hall–Kier alpha value is -2.48. The van der Waals surface area contributed by atoms with Crippen LogP contribution in [0.2, 0.25) is 0 Å². The zero-order chi connectivity index (χ0) is 17.1. The molecule has 6 nitrogen and oxygen atoms in total. The van der Waals surface area contributed by atoms with Crippen LogP contribution in [0.15, 0.2) is 29.6 Å². The number of anilines is 1. The van der Waals surface area contributed by atoms with Crippen molar-refractivity contribution in [2.24, 2.45) is 5.73 Å². The van der Waals surface area contributed by atoms with Gasteiger partial charge in [-0.2, -0.15) is 0 Å². The van der Waals surface area contributed by atoms with E-state index in [1.54, 1.807) is 6.07 Å². The van der Waals surface area contributed by atoms with Gasteiger partial charge in [0.2, 0.25) is 5.91 Å². The fourth-order valence-electron chi connectivity index (χ4n) is 2.43. The summed E-state index contributed by atoms with van der Waals surface area (Å²) in [6, 6.07) is 4.29. The summed E-state index contributed by atoms with van der Waals surface area (Å²) < 4.78 is 13.9. The number of carbonyl (C=O) groups is 2. The van der Waals surface area contributed by atoms with Gasteiger partial charge in [0.1, 0.15) is 5.82 Å². The van der Waals surface area contributed by atoms with Gasteiger partial charge in [0, 0.05) is 16.9 Å². The normalized spacial score (nSPS) is 14.9. The smallest absolute Gasteiger partial charge is 0.312 e. The van der Waals surface area contributed by atoms with Crippen LogP contribution in [0.25, 0.3) is 0 Å². The second kappa shape index (κ2) is 6.96. The van der Waals surface area contributed by atoms with Gasteiger partial charge in [-0.05, 0) is 18.9 Å². The second-order valence-corrected chi connectivity index (χ2v) is 6.54. The van der Waals surface area contributed by atoms with Crippen LogP contribution in [0.1, 0.15) is 42.5 Å². The fourth-order valence-corrected chi connectivity index (χ4v) is 3.24. The lowest BCUT2D eigenvalue weighted by molar-refractivity contribution is -0.116. The third-order valence-electron chi connectivity index (χ3n) is 3.75. The molecule has 0 unspecified atom stereocenters. The van der Waals surface area contributed by atoms with Crippen molar-refractivity contribution < 1.29 is 14.0 Å². The zero-order valence-electron chi connectivity index (χ0n) is 12.8. The number of primary amides is 1. The number of urea groups is 1. The molecule has 1 fully saturated rings. The minimum absolute atomic E-state index is 0.137. The summed E-state index contributed by atoms with van der Waals surface area (Å²) in [5.74, 6) is -0.363. The zero-order valence-corrected chi connectivity index (χ0v) is 13.6. The van der Waals surface area contributed by atoms with Crippen molar-refractivity contribution in [2.75, 3.05) is 5.32 Å². The van der Waals surface area contributed by atoms with E-state index >= 15 is 0 Å². The predicted molar refractivity (Wildman–Crippen MR) is 89.2 cm³/mol. The molecule has 4 N–H and O–H groups in total. The van der Waals surface area contributed by atoms with Gasteiger partial charge in [-0.1, -0.05) is 18.2 Å². The largest absolute Gasteiger partial charge is 0.352 e. The molecule has 0 saturated heterocycles. The quantitative estimate of drug-likeness (QED) is 0.749. The minimum atomic E-state index is -0.841. The van der Waals surface area contributed by atoms with E-state index in [0.29, 0.717) is 11.0 Å². The number of nitrogens with two attached hydrogens (primary N) is 1. The van der Waals surface area contributed by atoms with Gasteiger partial charge < -0.3 is 16.4 Å². The first-order chi connectivity index (χ1) is 11.5. The van der Waals surface area contributed by atoms with Crippen LogP contribution in [0.4, 0.5) is 14.3 Å². The van der Waals surface area contributed by atoms with Crippen molar-refractivity contribution in [1.82, 2.24) is 10.3 Å². The lowest BCUT2D eigenvalue weighted by Crippen LogP contribution is -2.35. The average Bonchev–Trinajstić information content (AvgIpc) is 3.27. The molecule has 1 aromatic carbocycles. The Bertz CT molecular complexity index is 760.